The molecule has 0 heterocycles. The molecule has 0 fully saturated rings. The van der Waals surface area contributed by atoms with Crippen LogP contribution in [0.2, 0.25) is 0 Å². The van der Waals surface area contributed by atoms with E-state index in [1.807, 2.05) is 42.5 Å². The lowest BCUT2D eigenvalue weighted by Crippen LogP contribution is -2.37. The number of fused-ring (bicyclic) bond motifs is 1. The molecule has 0 aliphatic heterocycles. The topological polar surface area (TPSA) is 66.5 Å². The Bertz CT molecular complexity index is 1340. The molecule has 0 aliphatic rings. The van der Waals surface area contributed by atoms with Gasteiger partial charge in [0.15, 0.2) is 0 Å². The molecule has 162 valence electrons. The molecule has 1 N–H and O–H groups in total. The minimum absolute atomic E-state index is 0.00348. The summed E-state index contributed by atoms with van der Waals surface area (Å²) in [5.41, 5.74) is 1.34. The molecule has 4 rings (SSSR count). The van der Waals surface area contributed by atoms with Crippen molar-refractivity contribution >= 4 is 32.4 Å². The van der Waals surface area contributed by atoms with Gasteiger partial charge in [0, 0.05) is 17.6 Å². The predicted molar refractivity (Wildman–Crippen MR) is 123 cm³/mol. The Balaban J connectivity index is 1.62. The second-order valence-corrected chi connectivity index (χ2v) is 9.23. The van der Waals surface area contributed by atoms with E-state index in [1.165, 1.54) is 12.1 Å². The van der Waals surface area contributed by atoms with Crippen LogP contribution in [0.1, 0.15) is 5.56 Å². The largest absolute Gasteiger partial charge is 0.324 e. The van der Waals surface area contributed by atoms with Crippen LogP contribution in [-0.2, 0) is 21.4 Å². The van der Waals surface area contributed by atoms with Gasteiger partial charge in [-0.2, -0.15) is 4.31 Å². The third-order valence-electron chi connectivity index (χ3n) is 5.04. The molecule has 32 heavy (non-hydrogen) atoms. The summed E-state index contributed by atoms with van der Waals surface area (Å²) in [7, 11) is -4.04. The Morgan fingerprint density at radius 1 is 0.812 bits per heavy atom. The fourth-order valence-corrected chi connectivity index (χ4v) is 4.84. The van der Waals surface area contributed by atoms with E-state index >= 15 is 0 Å². The number of hydrogen-bond donors (Lipinski definition) is 1. The zero-order valence-electron chi connectivity index (χ0n) is 17.1. The van der Waals surface area contributed by atoms with Crippen LogP contribution in [0.3, 0.4) is 0 Å². The zero-order chi connectivity index (χ0) is 22.6. The van der Waals surface area contributed by atoms with Crippen molar-refractivity contribution in [3.8, 4) is 0 Å². The van der Waals surface area contributed by atoms with Gasteiger partial charge in [0.25, 0.3) is 0 Å². The van der Waals surface area contributed by atoms with Gasteiger partial charge in [0.2, 0.25) is 15.9 Å². The molecule has 4 aromatic carbocycles. The number of anilines is 1. The first-order valence-electron chi connectivity index (χ1n) is 10.0. The summed E-state index contributed by atoms with van der Waals surface area (Å²) in [5, 5.41) is 4.65. The van der Waals surface area contributed by atoms with Crippen molar-refractivity contribution in [1.82, 2.24) is 4.31 Å². The van der Waals surface area contributed by atoms with Crippen molar-refractivity contribution in [2.45, 2.75) is 11.4 Å². The van der Waals surface area contributed by atoms with Crippen LogP contribution in [0, 0.1) is 5.82 Å². The van der Waals surface area contributed by atoms with E-state index < -0.39 is 28.3 Å². The summed E-state index contributed by atoms with van der Waals surface area (Å²) >= 11 is 0. The van der Waals surface area contributed by atoms with E-state index in [0.29, 0.717) is 5.69 Å². The van der Waals surface area contributed by atoms with Crippen molar-refractivity contribution in [3.63, 3.8) is 0 Å². The Morgan fingerprint density at radius 2 is 1.47 bits per heavy atom. The molecule has 7 heteroatoms. The fourth-order valence-electron chi connectivity index (χ4n) is 3.45. The molecule has 0 aromatic heterocycles. The highest BCUT2D eigenvalue weighted by molar-refractivity contribution is 7.89. The molecule has 0 aliphatic carbocycles. The Labute approximate surface area is 186 Å². The number of nitrogens with one attached hydrogen (secondary N) is 1. The quantitative estimate of drug-likeness (QED) is 0.441. The lowest BCUT2D eigenvalue weighted by atomic mass is 10.1. The van der Waals surface area contributed by atoms with Crippen molar-refractivity contribution < 1.29 is 17.6 Å². The van der Waals surface area contributed by atoms with Crippen LogP contribution in [-0.4, -0.2) is 25.2 Å². The van der Waals surface area contributed by atoms with Gasteiger partial charge in [-0.25, -0.2) is 12.8 Å². The molecule has 0 radical (unpaired) electrons. The number of carbonyl (C=O) groups excluding carboxylic acids is 1. The average molecular weight is 449 g/mol. The highest BCUT2D eigenvalue weighted by Crippen LogP contribution is 2.24. The number of hydrogen-bond acceptors (Lipinski definition) is 3. The summed E-state index contributed by atoms with van der Waals surface area (Å²) in [6.07, 6.45) is 0. The maximum absolute atomic E-state index is 13.3. The first kappa shape index (κ1) is 21.7. The van der Waals surface area contributed by atoms with Gasteiger partial charge >= 0.3 is 0 Å². The number of sulfonamides is 1. The van der Waals surface area contributed by atoms with Gasteiger partial charge in [0.05, 0.1) is 11.4 Å². The molecular weight excluding hydrogens is 427 g/mol. The van der Waals surface area contributed by atoms with E-state index in [-0.39, 0.29) is 11.4 Å². The van der Waals surface area contributed by atoms with E-state index in [1.54, 1.807) is 30.3 Å². The number of rotatable bonds is 7. The second kappa shape index (κ2) is 9.30. The predicted octanol–water partition coefficient (Wildman–Crippen LogP) is 4.81. The number of halogens is 1. The SMILES string of the molecule is O=C(CN(Cc1ccccc1)S(=O)(=O)c1ccc(F)cc1)Nc1cccc2ccccc12. The van der Waals surface area contributed by atoms with Crippen molar-refractivity contribution in [3.05, 3.63) is 108 Å². The van der Waals surface area contributed by atoms with Gasteiger partial charge in [-0.15, -0.1) is 0 Å². The molecule has 0 spiro atoms. The molecule has 4 aromatic rings. The van der Waals surface area contributed by atoms with Crippen LogP contribution >= 0.6 is 0 Å². The number of benzene rings is 4. The van der Waals surface area contributed by atoms with E-state index in [4.69, 9.17) is 0 Å². The monoisotopic (exact) mass is 448 g/mol. The first-order valence-corrected chi connectivity index (χ1v) is 11.4. The van der Waals surface area contributed by atoms with Gasteiger partial charge in [0.1, 0.15) is 5.82 Å². The smallest absolute Gasteiger partial charge is 0.243 e. The van der Waals surface area contributed by atoms with Crippen LogP contribution < -0.4 is 5.32 Å². The minimum Gasteiger partial charge on any atom is -0.324 e. The average Bonchev–Trinajstić information content (AvgIpc) is 2.80. The molecule has 5 nitrogen and oxygen atoms in total. The van der Waals surface area contributed by atoms with Crippen molar-refractivity contribution in [1.29, 1.82) is 0 Å². The number of nitrogens with zero attached hydrogens (tertiary/aromatic N) is 1. The standard InChI is InChI=1S/C25H21FN2O3S/c26-21-13-15-22(16-14-21)32(30,31)28(17-19-7-2-1-3-8-19)18-25(29)27-24-12-6-10-20-9-4-5-11-23(20)24/h1-16H,17-18H2,(H,27,29). The summed E-state index contributed by atoms with van der Waals surface area (Å²) in [5.74, 6) is -1.00. The van der Waals surface area contributed by atoms with Crippen LogP contribution in [0.25, 0.3) is 10.8 Å². The molecule has 0 bridgehead atoms. The number of carbonyl (C=O) groups is 1. The van der Waals surface area contributed by atoms with Crippen LogP contribution in [0.5, 0.6) is 0 Å². The summed E-state index contributed by atoms with van der Waals surface area (Å²) in [6, 6.07) is 26.7. The third-order valence-corrected chi connectivity index (χ3v) is 6.84. The Morgan fingerprint density at radius 3 is 2.22 bits per heavy atom. The highest BCUT2D eigenvalue weighted by atomic mass is 32.2. The fraction of sp³-hybridized carbons (Fsp3) is 0.0800. The zero-order valence-corrected chi connectivity index (χ0v) is 17.9. The van der Waals surface area contributed by atoms with Crippen LogP contribution in [0.4, 0.5) is 10.1 Å². The lowest BCUT2D eigenvalue weighted by Gasteiger charge is -2.22. The molecule has 0 saturated heterocycles. The van der Waals surface area contributed by atoms with E-state index in [9.17, 15) is 17.6 Å². The molecule has 0 saturated carbocycles. The van der Waals surface area contributed by atoms with Crippen molar-refractivity contribution in [2.75, 3.05) is 11.9 Å². The van der Waals surface area contributed by atoms with Gasteiger partial charge < -0.3 is 5.32 Å². The maximum Gasteiger partial charge on any atom is 0.243 e. The normalized spacial score (nSPS) is 11.6. The van der Waals surface area contributed by atoms with Gasteiger partial charge in [-0.1, -0.05) is 66.7 Å². The lowest BCUT2D eigenvalue weighted by molar-refractivity contribution is -0.116. The molecule has 1 amide bonds. The van der Waals surface area contributed by atoms with Crippen molar-refractivity contribution in [2.24, 2.45) is 0 Å². The van der Waals surface area contributed by atoms with Crippen LogP contribution in [0.15, 0.2) is 102 Å². The third kappa shape index (κ3) is 4.85. The minimum atomic E-state index is -4.04. The molecular formula is C25H21FN2O3S. The van der Waals surface area contributed by atoms with Gasteiger partial charge in [-0.3, -0.25) is 4.79 Å². The summed E-state index contributed by atoms with van der Waals surface area (Å²) < 4.78 is 41.0. The Hall–Kier alpha value is -3.55. The summed E-state index contributed by atoms with van der Waals surface area (Å²) in [4.78, 5) is 12.8. The highest BCUT2D eigenvalue weighted by Gasteiger charge is 2.27. The van der Waals surface area contributed by atoms with E-state index in [0.717, 1.165) is 32.8 Å². The number of amides is 1. The molecule has 0 atom stereocenters. The first-order chi connectivity index (χ1) is 15.4. The molecule has 0 unspecified atom stereocenters. The summed E-state index contributed by atoms with van der Waals surface area (Å²) in [6.45, 7) is -0.388. The Kier molecular flexibility index (Phi) is 6.30. The van der Waals surface area contributed by atoms with Gasteiger partial charge in [-0.05, 0) is 41.3 Å². The maximum atomic E-state index is 13.3. The second-order valence-electron chi connectivity index (χ2n) is 7.29. The van der Waals surface area contributed by atoms with E-state index in [2.05, 4.69) is 5.32 Å².